The van der Waals surface area contributed by atoms with Crippen LogP contribution in [0.15, 0.2) is 12.3 Å². The summed E-state index contributed by atoms with van der Waals surface area (Å²) < 4.78 is 2.24. The molecule has 2 saturated carbocycles. The van der Waals surface area contributed by atoms with Crippen LogP contribution in [0, 0.1) is 11.8 Å². The van der Waals surface area contributed by atoms with E-state index in [0.717, 1.165) is 11.8 Å². The highest BCUT2D eigenvalue weighted by molar-refractivity contribution is 5.03. The molecule has 2 unspecified atom stereocenters. The van der Waals surface area contributed by atoms with Crippen molar-refractivity contribution in [1.82, 2.24) is 15.1 Å². The lowest BCUT2D eigenvalue weighted by Gasteiger charge is -2.18. The summed E-state index contributed by atoms with van der Waals surface area (Å²) in [5.41, 5.74) is 1.32. The summed E-state index contributed by atoms with van der Waals surface area (Å²) in [6.07, 6.45) is 13.0. The molecular formula is C16H27N3. The summed E-state index contributed by atoms with van der Waals surface area (Å²) in [5.74, 6) is 1.71. The molecule has 1 aromatic rings. The molecule has 1 aromatic heterocycles. The Morgan fingerprint density at radius 1 is 1.16 bits per heavy atom. The molecule has 0 amide bonds. The molecule has 3 rings (SSSR count). The Morgan fingerprint density at radius 2 is 1.95 bits per heavy atom. The Balaban J connectivity index is 1.60. The van der Waals surface area contributed by atoms with E-state index in [0.29, 0.717) is 6.04 Å². The van der Waals surface area contributed by atoms with Crippen molar-refractivity contribution in [3.63, 3.8) is 0 Å². The molecular weight excluding hydrogens is 234 g/mol. The third kappa shape index (κ3) is 3.02. The lowest BCUT2D eigenvalue weighted by atomic mass is 9.91. The van der Waals surface area contributed by atoms with Gasteiger partial charge >= 0.3 is 0 Å². The number of nitrogens with zero attached hydrogens (tertiary/aromatic N) is 2. The van der Waals surface area contributed by atoms with Crippen LogP contribution in [-0.4, -0.2) is 23.4 Å². The van der Waals surface area contributed by atoms with Crippen LogP contribution >= 0.6 is 0 Å². The summed E-state index contributed by atoms with van der Waals surface area (Å²) in [7, 11) is 2.07. The predicted molar refractivity (Wildman–Crippen MR) is 78.2 cm³/mol. The minimum Gasteiger partial charge on any atom is -0.319 e. The van der Waals surface area contributed by atoms with Gasteiger partial charge in [0.25, 0.3) is 0 Å². The minimum absolute atomic E-state index is 0.686. The maximum atomic E-state index is 4.85. The van der Waals surface area contributed by atoms with Gasteiger partial charge in [-0.3, -0.25) is 4.68 Å². The zero-order valence-electron chi connectivity index (χ0n) is 12.1. The quantitative estimate of drug-likeness (QED) is 0.882. The summed E-state index contributed by atoms with van der Waals surface area (Å²) in [6.45, 7) is 1.17. The van der Waals surface area contributed by atoms with Gasteiger partial charge in [0.05, 0.1) is 11.7 Å². The SMILES string of the molecule is CNCC1CCCC1Cc1ccn(C2CCCC2)n1. The highest BCUT2D eigenvalue weighted by Gasteiger charge is 2.27. The Labute approximate surface area is 116 Å². The van der Waals surface area contributed by atoms with Gasteiger partial charge in [-0.25, -0.2) is 0 Å². The fraction of sp³-hybridized carbons (Fsp3) is 0.812. The molecule has 3 nitrogen and oxygen atoms in total. The summed E-state index contributed by atoms with van der Waals surface area (Å²) in [4.78, 5) is 0. The van der Waals surface area contributed by atoms with E-state index in [-0.39, 0.29) is 0 Å². The Hall–Kier alpha value is -0.830. The Morgan fingerprint density at radius 3 is 2.74 bits per heavy atom. The van der Waals surface area contributed by atoms with Crippen molar-refractivity contribution in [3.05, 3.63) is 18.0 Å². The van der Waals surface area contributed by atoms with Gasteiger partial charge in [0, 0.05) is 6.20 Å². The number of rotatable bonds is 5. The van der Waals surface area contributed by atoms with Gasteiger partial charge < -0.3 is 5.32 Å². The van der Waals surface area contributed by atoms with Crippen molar-refractivity contribution in [2.45, 2.75) is 57.4 Å². The van der Waals surface area contributed by atoms with E-state index >= 15 is 0 Å². The molecule has 0 aliphatic heterocycles. The van der Waals surface area contributed by atoms with Crippen LogP contribution in [0.5, 0.6) is 0 Å². The second-order valence-corrected chi connectivity index (χ2v) is 6.44. The Bertz CT molecular complexity index is 392. The van der Waals surface area contributed by atoms with Crippen LogP contribution in [-0.2, 0) is 6.42 Å². The molecule has 0 spiro atoms. The van der Waals surface area contributed by atoms with Crippen LogP contribution in [0.25, 0.3) is 0 Å². The van der Waals surface area contributed by atoms with E-state index in [9.17, 15) is 0 Å². The van der Waals surface area contributed by atoms with Gasteiger partial charge in [0.2, 0.25) is 0 Å². The van der Waals surface area contributed by atoms with E-state index in [4.69, 9.17) is 5.10 Å². The van der Waals surface area contributed by atoms with Crippen molar-refractivity contribution in [2.75, 3.05) is 13.6 Å². The predicted octanol–water partition coefficient (Wildman–Crippen LogP) is 3.18. The Kier molecular flexibility index (Phi) is 4.21. The number of aromatic nitrogens is 2. The lowest BCUT2D eigenvalue weighted by molar-refractivity contribution is 0.368. The van der Waals surface area contributed by atoms with Gasteiger partial charge in [-0.05, 0) is 63.6 Å². The van der Waals surface area contributed by atoms with E-state index in [1.807, 2.05) is 0 Å². The van der Waals surface area contributed by atoms with Crippen LogP contribution < -0.4 is 5.32 Å². The molecule has 106 valence electrons. The standard InChI is InChI=1S/C16H27N3/c1-17-12-14-6-4-5-13(14)11-15-9-10-19(18-15)16-7-2-3-8-16/h9-10,13-14,16-17H,2-8,11-12H2,1H3. The van der Waals surface area contributed by atoms with E-state index in [2.05, 4.69) is 29.3 Å². The highest BCUT2D eigenvalue weighted by atomic mass is 15.3. The third-order valence-corrected chi connectivity index (χ3v) is 5.12. The van der Waals surface area contributed by atoms with Crippen LogP contribution in [0.1, 0.15) is 56.7 Å². The fourth-order valence-electron chi connectivity index (χ4n) is 4.04. The zero-order valence-corrected chi connectivity index (χ0v) is 12.1. The molecule has 2 fully saturated rings. The number of hydrogen-bond acceptors (Lipinski definition) is 2. The molecule has 3 heteroatoms. The molecule has 2 aliphatic rings. The average Bonchev–Trinajstić information content (AvgIpc) is 3.12. The maximum Gasteiger partial charge on any atom is 0.0627 e. The largest absolute Gasteiger partial charge is 0.319 e. The summed E-state index contributed by atoms with van der Waals surface area (Å²) >= 11 is 0. The molecule has 0 bridgehead atoms. The van der Waals surface area contributed by atoms with Gasteiger partial charge in [0.15, 0.2) is 0 Å². The van der Waals surface area contributed by atoms with E-state index in [1.165, 1.54) is 63.6 Å². The maximum absolute atomic E-state index is 4.85. The monoisotopic (exact) mass is 261 g/mol. The van der Waals surface area contributed by atoms with Crippen molar-refractivity contribution in [2.24, 2.45) is 11.8 Å². The first-order valence-corrected chi connectivity index (χ1v) is 8.05. The summed E-state index contributed by atoms with van der Waals surface area (Å²) in [5, 5.41) is 8.20. The fourth-order valence-corrected chi connectivity index (χ4v) is 4.04. The first-order valence-electron chi connectivity index (χ1n) is 8.05. The van der Waals surface area contributed by atoms with Crippen LogP contribution in [0.3, 0.4) is 0 Å². The van der Waals surface area contributed by atoms with Gasteiger partial charge in [-0.15, -0.1) is 0 Å². The lowest BCUT2D eigenvalue weighted by Crippen LogP contribution is -2.23. The normalized spacial score (nSPS) is 28.3. The van der Waals surface area contributed by atoms with Crippen LogP contribution in [0.2, 0.25) is 0 Å². The number of nitrogens with one attached hydrogen (secondary N) is 1. The minimum atomic E-state index is 0.686. The van der Waals surface area contributed by atoms with Gasteiger partial charge in [-0.1, -0.05) is 19.3 Å². The topological polar surface area (TPSA) is 29.9 Å². The first-order chi connectivity index (χ1) is 9.36. The van der Waals surface area contributed by atoms with Gasteiger partial charge in [0.1, 0.15) is 0 Å². The zero-order chi connectivity index (χ0) is 13.1. The molecule has 0 saturated heterocycles. The molecule has 1 N–H and O–H groups in total. The third-order valence-electron chi connectivity index (χ3n) is 5.12. The van der Waals surface area contributed by atoms with Crippen molar-refractivity contribution < 1.29 is 0 Å². The molecule has 2 aliphatic carbocycles. The number of hydrogen-bond donors (Lipinski definition) is 1. The first kappa shape index (κ1) is 13.2. The van der Waals surface area contributed by atoms with Crippen molar-refractivity contribution >= 4 is 0 Å². The average molecular weight is 261 g/mol. The van der Waals surface area contributed by atoms with Gasteiger partial charge in [-0.2, -0.15) is 5.10 Å². The summed E-state index contributed by atoms with van der Waals surface area (Å²) in [6, 6.07) is 2.94. The highest BCUT2D eigenvalue weighted by Crippen LogP contribution is 2.34. The molecule has 2 atom stereocenters. The molecule has 0 radical (unpaired) electrons. The second kappa shape index (κ2) is 6.08. The van der Waals surface area contributed by atoms with Crippen molar-refractivity contribution in [1.29, 1.82) is 0 Å². The van der Waals surface area contributed by atoms with Crippen molar-refractivity contribution in [3.8, 4) is 0 Å². The molecule has 19 heavy (non-hydrogen) atoms. The van der Waals surface area contributed by atoms with E-state index in [1.54, 1.807) is 0 Å². The smallest absolute Gasteiger partial charge is 0.0627 e. The van der Waals surface area contributed by atoms with Crippen LogP contribution in [0.4, 0.5) is 0 Å². The molecule has 1 heterocycles. The van der Waals surface area contributed by atoms with E-state index < -0.39 is 0 Å². The second-order valence-electron chi connectivity index (χ2n) is 6.44. The molecule has 0 aromatic carbocycles.